The molecule has 10 heteroatoms. The molecule has 0 aromatic rings. The Morgan fingerprint density at radius 3 is 2.83 bits per heavy atom. The number of carbonyl (C=O) groups excluding carboxylic acids is 1. The second kappa shape index (κ2) is 5.49. The van der Waals surface area contributed by atoms with Crippen molar-refractivity contribution in [2.45, 2.75) is 62.7 Å². The van der Waals surface area contributed by atoms with E-state index in [-0.39, 0.29) is 31.0 Å². The summed E-state index contributed by atoms with van der Waals surface area (Å²) in [6.07, 6.45) is 1.70. The van der Waals surface area contributed by atoms with Crippen molar-refractivity contribution in [2.24, 2.45) is 16.5 Å². The lowest BCUT2D eigenvalue weighted by Crippen LogP contribution is -2.78. The molecule has 3 aliphatic heterocycles. The number of nitrogens with one attached hydrogen (secondary N) is 2. The van der Waals surface area contributed by atoms with E-state index in [1.165, 1.54) is 6.92 Å². The maximum Gasteiger partial charge on any atom is 0.346 e. The SMILES string of the molecule is CCC[C@H]1CC(O)(O)[C@]23NC(N)=N[C@H]2[C@H](COC(C)=O)NC(N)=[N+]13. The molecular formula is C14H25N6O4+. The maximum atomic E-state index is 11.1. The molecule has 0 saturated carbocycles. The molecule has 24 heavy (non-hydrogen) atoms. The fourth-order valence-corrected chi connectivity index (χ4v) is 4.15. The monoisotopic (exact) mass is 341 g/mol. The van der Waals surface area contributed by atoms with E-state index in [2.05, 4.69) is 15.6 Å². The summed E-state index contributed by atoms with van der Waals surface area (Å²) in [5, 5.41) is 27.6. The second-order valence-corrected chi connectivity index (χ2v) is 6.62. The molecule has 0 amide bonds. The zero-order chi connectivity index (χ0) is 17.7. The van der Waals surface area contributed by atoms with Gasteiger partial charge >= 0.3 is 11.9 Å². The van der Waals surface area contributed by atoms with Crippen LogP contribution in [0.3, 0.4) is 0 Å². The smallest absolute Gasteiger partial charge is 0.346 e. The third-order valence-electron chi connectivity index (χ3n) is 4.96. The first-order valence-electron chi connectivity index (χ1n) is 8.10. The van der Waals surface area contributed by atoms with Crippen molar-refractivity contribution in [1.29, 1.82) is 0 Å². The molecule has 3 heterocycles. The summed E-state index contributed by atoms with van der Waals surface area (Å²) < 4.78 is 6.80. The van der Waals surface area contributed by atoms with E-state index in [1.54, 1.807) is 4.58 Å². The number of nitrogens with two attached hydrogens (primary N) is 2. The van der Waals surface area contributed by atoms with Crippen LogP contribution in [0.15, 0.2) is 4.99 Å². The van der Waals surface area contributed by atoms with E-state index in [1.807, 2.05) is 6.92 Å². The van der Waals surface area contributed by atoms with Crippen LogP contribution in [0.2, 0.25) is 0 Å². The average molecular weight is 341 g/mol. The third kappa shape index (κ3) is 2.20. The first kappa shape index (κ1) is 16.8. The van der Waals surface area contributed by atoms with Crippen molar-refractivity contribution in [3.63, 3.8) is 0 Å². The lowest BCUT2D eigenvalue weighted by Gasteiger charge is -2.43. The summed E-state index contributed by atoms with van der Waals surface area (Å²) in [5.41, 5.74) is 10.7. The van der Waals surface area contributed by atoms with Crippen LogP contribution in [0, 0.1) is 0 Å². The molecule has 0 aromatic carbocycles. The Hall–Kier alpha value is -2.07. The van der Waals surface area contributed by atoms with Gasteiger partial charge in [-0.15, -0.1) is 0 Å². The van der Waals surface area contributed by atoms with E-state index < -0.39 is 29.5 Å². The van der Waals surface area contributed by atoms with E-state index in [9.17, 15) is 15.0 Å². The van der Waals surface area contributed by atoms with Crippen molar-refractivity contribution in [3.05, 3.63) is 0 Å². The van der Waals surface area contributed by atoms with Gasteiger partial charge in [-0.1, -0.05) is 13.3 Å². The number of aliphatic hydroxyl groups is 2. The molecule has 4 atom stereocenters. The van der Waals surface area contributed by atoms with Gasteiger partial charge in [0.15, 0.2) is 12.0 Å². The fraction of sp³-hybridized carbons (Fsp3) is 0.786. The number of hydrogen-bond acceptors (Lipinski definition) is 9. The van der Waals surface area contributed by atoms with Crippen LogP contribution in [-0.4, -0.2) is 68.9 Å². The molecule has 134 valence electrons. The fourth-order valence-electron chi connectivity index (χ4n) is 4.15. The van der Waals surface area contributed by atoms with Gasteiger partial charge in [0.05, 0.1) is 6.04 Å². The highest BCUT2D eigenvalue weighted by Crippen LogP contribution is 2.44. The Morgan fingerprint density at radius 2 is 2.21 bits per heavy atom. The average Bonchev–Trinajstić information content (AvgIpc) is 2.92. The molecule has 0 unspecified atom stereocenters. The largest absolute Gasteiger partial charge is 0.462 e. The maximum absolute atomic E-state index is 11.1. The molecular weight excluding hydrogens is 316 g/mol. The number of hydrogen-bond donors (Lipinski definition) is 6. The van der Waals surface area contributed by atoms with E-state index in [4.69, 9.17) is 16.2 Å². The number of guanidine groups is 2. The minimum atomic E-state index is -2.09. The van der Waals surface area contributed by atoms with Gasteiger partial charge in [0.25, 0.3) is 0 Å². The number of nitrogens with zero attached hydrogens (tertiary/aromatic N) is 2. The number of ether oxygens (including phenoxy) is 1. The Bertz CT molecular complexity index is 618. The first-order chi connectivity index (χ1) is 11.2. The molecule has 10 nitrogen and oxygen atoms in total. The van der Waals surface area contributed by atoms with Crippen LogP contribution >= 0.6 is 0 Å². The normalized spacial score (nSPS) is 36.3. The van der Waals surface area contributed by atoms with Crippen molar-refractivity contribution >= 4 is 17.9 Å². The van der Waals surface area contributed by atoms with Gasteiger partial charge in [0.2, 0.25) is 11.4 Å². The van der Waals surface area contributed by atoms with Gasteiger partial charge in [-0.05, 0) is 6.42 Å². The molecule has 3 aliphatic rings. The lowest BCUT2D eigenvalue weighted by molar-refractivity contribution is -0.649. The summed E-state index contributed by atoms with van der Waals surface area (Å²) in [6.45, 7) is 3.31. The predicted octanol–water partition coefficient (Wildman–Crippen LogP) is -2.92. The van der Waals surface area contributed by atoms with Crippen molar-refractivity contribution in [2.75, 3.05) is 6.61 Å². The number of rotatable bonds is 4. The Labute approximate surface area is 139 Å². The Morgan fingerprint density at radius 1 is 1.50 bits per heavy atom. The first-order valence-corrected chi connectivity index (χ1v) is 8.10. The molecule has 0 aliphatic carbocycles. The second-order valence-electron chi connectivity index (χ2n) is 6.62. The van der Waals surface area contributed by atoms with E-state index in [0.717, 1.165) is 12.8 Å². The Balaban J connectivity index is 2.05. The van der Waals surface area contributed by atoms with Gasteiger partial charge < -0.3 is 26.0 Å². The van der Waals surface area contributed by atoms with Crippen LogP contribution in [0.4, 0.5) is 0 Å². The van der Waals surface area contributed by atoms with E-state index >= 15 is 0 Å². The summed E-state index contributed by atoms with van der Waals surface area (Å²) >= 11 is 0. The molecule has 0 bridgehead atoms. The van der Waals surface area contributed by atoms with E-state index in [0.29, 0.717) is 0 Å². The molecule has 1 spiro atoms. The topological polar surface area (TPSA) is 158 Å². The molecule has 8 N–H and O–H groups in total. The van der Waals surface area contributed by atoms with Crippen LogP contribution in [-0.2, 0) is 9.53 Å². The van der Waals surface area contributed by atoms with Gasteiger partial charge in [-0.3, -0.25) is 15.8 Å². The number of carbonyl (C=O) groups is 1. The van der Waals surface area contributed by atoms with Crippen LogP contribution < -0.4 is 22.1 Å². The van der Waals surface area contributed by atoms with Gasteiger partial charge in [-0.2, -0.15) is 0 Å². The summed E-state index contributed by atoms with van der Waals surface area (Å²) in [6, 6.07) is -1.39. The zero-order valence-electron chi connectivity index (χ0n) is 13.8. The third-order valence-corrected chi connectivity index (χ3v) is 4.96. The quantitative estimate of drug-likeness (QED) is 0.180. The highest BCUT2D eigenvalue weighted by molar-refractivity contribution is 5.83. The van der Waals surface area contributed by atoms with Crippen molar-refractivity contribution in [1.82, 2.24) is 10.6 Å². The van der Waals surface area contributed by atoms with Crippen LogP contribution in [0.25, 0.3) is 0 Å². The minimum Gasteiger partial charge on any atom is -0.462 e. The lowest BCUT2D eigenvalue weighted by atomic mass is 9.87. The molecule has 0 radical (unpaired) electrons. The summed E-state index contributed by atoms with van der Waals surface area (Å²) in [5.74, 6) is -2.16. The highest BCUT2D eigenvalue weighted by Gasteiger charge is 2.73. The molecule has 3 rings (SSSR count). The summed E-state index contributed by atoms with van der Waals surface area (Å²) in [4.78, 5) is 15.5. The molecule has 1 saturated heterocycles. The van der Waals surface area contributed by atoms with Gasteiger partial charge in [0, 0.05) is 13.3 Å². The molecule has 1 fully saturated rings. The number of esters is 1. The number of aliphatic imine (C=N–C) groups is 1. The standard InChI is InChI=1S/C14H24N6O4/c1-3-4-8-5-13(22,23)14-10(18-11(15)19-14)9(6-24-7(2)21)17-12(16)20(8)14/h8-10,22-23H,3-6H2,1-2H3,(H5,15,16,17,18,19)/p+1/t8-,9-,10-,14-/m0/s1. The Kier molecular flexibility index (Phi) is 3.83. The molecule has 0 aromatic heterocycles. The van der Waals surface area contributed by atoms with Crippen molar-refractivity contribution in [3.8, 4) is 0 Å². The minimum absolute atomic E-state index is 0.0106. The van der Waals surface area contributed by atoms with Crippen molar-refractivity contribution < 1.29 is 24.3 Å². The van der Waals surface area contributed by atoms with Gasteiger partial charge in [0.1, 0.15) is 12.6 Å². The van der Waals surface area contributed by atoms with Crippen LogP contribution in [0.5, 0.6) is 0 Å². The zero-order valence-corrected chi connectivity index (χ0v) is 13.8. The summed E-state index contributed by atoms with van der Waals surface area (Å²) in [7, 11) is 0. The highest BCUT2D eigenvalue weighted by atomic mass is 16.5. The van der Waals surface area contributed by atoms with Crippen LogP contribution in [0.1, 0.15) is 33.1 Å². The predicted molar refractivity (Wildman–Crippen MR) is 84.8 cm³/mol. The van der Waals surface area contributed by atoms with Gasteiger partial charge in [-0.25, -0.2) is 9.57 Å².